The fourth-order valence-corrected chi connectivity index (χ4v) is 8.02. The van der Waals surface area contributed by atoms with Crippen molar-refractivity contribution in [1.29, 1.82) is 0 Å². The number of amides is 1. The molecule has 1 aromatic carbocycles. The summed E-state index contributed by atoms with van der Waals surface area (Å²) < 4.78 is 48.8. The number of benzene rings is 1. The maximum atomic E-state index is 15.0. The molecule has 1 amide bonds. The number of imidazole rings is 1. The van der Waals surface area contributed by atoms with E-state index in [1.807, 2.05) is 6.08 Å². The zero-order valence-corrected chi connectivity index (χ0v) is 19.2. The van der Waals surface area contributed by atoms with Gasteiger partial charge in [-0.05, 0) is 0 Å². The number of hydrogen-bond donors (Lipinski definition) is 1. The van der Waals surface area contributed by atoms with Crippen molar-refractivity contribution in [1.82, 2.24) is 14.5 Å². The molecule has 3 aromatic rings. The number of hydrogen-bond acceptors (Lipinski definition) is 4. The summed E-state index contributed by atoms with van der Waals surface area (Å²) in [5.41, 5.74) is 8.32. The number of carbonyl (C=O) groups excluding carboxylic acids is 1. The molecule has 0 unspecified atom stereocenters. The molecule has 2 aliphatic heterocycles. The second-order valence-corrected chi connectivity index (χ2v) is 11.6. The molecule has 4 heterocycles. The Kier molecular flexibility index (Phi) is 4.75. The number of carbonyl (C=O) groups is 1. The van der Waals surface area contributed by atoms with E-state index in [1.165, 1.54) is 18.3 Å². The summed E-state index contributed by atoms with van der Waals surface area (Å²) in [6.45, 7) is -2.89. The van der Waals surface area contributed by atoms with Gasteiger partial charge in [-0.1, -0.05) is 0 Å². The van der Waals surface area contributed by atoms with E-state index in [-0.39, 0.29) is 38.7 Å². The molecule has 33 heavy (non-hydrogen) atoms. The summed E-state index contributed by atoms with van der Waals surface area (Å²) >= 11 is -0.139. The first-order valence-corrected chi connectivity index (χ1v) is 12.9. The minimum atomic E-state index is -2.89. The summed E-state index contributed by atoms with van der Waals surface area (Å²) in [5.74, 6) is 0.0327. The number of allylic oxidation sites excluding steroid dienone is 3. The summed E-state index contributed by atoms with van der Waals surface area (Å²) in [6.07, 6.45) is 6.29. The Labute approximate surface area is 196 Å². The molecule has 2 N–H and O–H groups in total. The molecule has 0 radical (unpaired) electrons. The molecule has 0 saturated carbocycles. The number of alkyl halides is 4. The van der Waals surface area contributed by atoms with Gasteiger partial charge >= 0.3 is 197 Å². The maximum absolute atomic E-state index is 15.0. The third-order valence-corrected chi connectivity index (χ3v) is 9.70. The number of nitrogens with zero attached hydrogens (tertiary/aromatic N) is 3. The van der Waals surface area contributed by atoms with Crippen molar-refractivity contribution in [3.05, 3.63) is 71.3 Å². The van der Waals surface area contributed by atoms with Crippen molar-refractivity contribution < 1.29 is 43.9 Å². The number of rotatable bonds is 5. The number of aromatic nitrogens is 3. The van der Waals surface area contributed by atoms with Crippen molar-refractivity contribution in [3.8, 4) is 11.1 Å². The van der Waals surface area contributed by atoms with Gasteiger partial charge in [0.15, 0.2) is 0 Å². The van der Waals surface area contributed by atoms with Gasteiger partial charge in [-0.2, -0.15) is 0 Å². The van der Waals surface area contributed by atoms with Crippen LogP contribution in [0.1, 0.15) is 39.1 Å². The van der Waals surface area contributed by atoms with Gasteiger partial charge in [0.2, 0.25) is 0 Å². The first kappa shape index (κ1) is 20.7. The Hall–Kier alpha value is -2.89. The van der Waals surface area contributed by atoms with Crippen molar-refractivity contribution in [3.63, 3.8) is 0 Å². The van der Waals surface area contributed by atoms with E-state index in [4.69, 9.17) is 15.5 Å². The Morgan fingerprint density at radius 3 is 2.88 bits per heavy atom. The number of pyridine rings is 1. The van der Waals surface area contributed by atoms with Crippen LogP contribution in [0.2, 0.25) is 0 Å². The Morgan fingerprint density at radius 2 is 2.15 bits per heavy atom. The first-order valence-electron chi connectivity index (χ1n) is 10.4. The van der Waals surface area contributed by atoms with Gasteiger partial charge < -0.3 is 0 Å². The predicted octanol–water partition coefficient (Wildman–Crippen LogP) is 1.25. The average molecular weight is 565 g/mol. The summed E-state index contributed by atoms with van der Waals surface area (Å²) in [4.78, 5) is 20.1. The third kappa shape index (κ3) is 3.33. The molecule has 3 atom stereocenters. The van der Waals surface area contributed by atoms with E-state index in [0.717, 1.165) is 23.3 Å². The van der Waals surface area contributed by atoms with E-state index in [2.05, 4.69) is 9.55 Å². The number of fused-ring (bicyclic) bond motifs is 5. The summed E-state index contributed by atoms with van der Waals surface area (Å²) in [6, 6.07) is 6.08. The fraction of sp³-hybridized carbons (Fsp3) is 0.261. The van der Waals surface area contributed by atoms with Crippen molar-refractivity contribution in [2.45, 2.75) is 33.3 Å². The molecule has 6 rings (SSSR count). The molecule has 0 spiro atoms. The summed E-state index contributed by atoms with van der Waals surface area (Å²) in [5, 5.41) is 0. The molecular weight excluding hydrogens is 548 g/mol. The van der Waals surface area contributed by atoms with Crippen LogP contribution >= 0.6 is 0 Å². The fourth-order valence-electron chi connectivity index (χ4n) is 4.74. The van der Waals surface area contributed by atoms with Gasteiger partial charge in [0.05, 0.1) is 0 Å². The Morgan fingerprint density at radius 1 is 1.30 bits per heavy atom. The molecule has 1 fully saturated rings. The van der Waals surface area contributed by atoms with Gasteiger partial charge in [0.1, 0.15) is 0 Å². The SMILES string of the molecule is NC(=O)c1ccc(-c2cc3c(cc2F)nc2n3[C@@H](C3=C(OC(F)F)C=CCC3)[C@H]3[I-][C@@H]23)cn1. The van der Waals surface area contributed by atoms with Crippen molar-refractivity contribution >= 4 is 16.9 Å². The van der Waals surface area contributed by atoms with E-state index in [1.54, 1.807) is 18.2 Å². The quantitative estimate of drug-likeness (QED) is 0.373. The van der Waals surface area contributed by atoms with Crippen LogP contribution < -0.4 is 26.9 Å². The van der Waals surface area contributed by atoms with E-state index < -0.39 is 18.3 Å². The predicted molar refractivity (Wildman–Crippen MR) is 109 cm³/mol. The number of ether oxygens (including phenoxy) is 1. The zero-order chi connectivity index (χ0) is 22.9. The standard InChI is InChI=1S/C23H17F3IN4O2/c24-13-8-15-16(7-12(13)10-5-6-14(21(28)32)29-9-10)31-20(18-19(27-18)22(31)30-15)11-3-1-2-4-17(11)33-23(25)26/h2,4-9,18-20,23H,1,3H2,(H2,28,32)/q-1/t18-,19+,20-/m0/s1. The molecule has 170 valence electrons. The second-order valence-electron chi connectivity index (χ2n) is 8.08. The molecule has 1 aliphatic carbocycles. The van der Waals surface area contributed by atoms with Crippen molar-refractivity contribution in [2.24, 2.45) is 5.73 Å². The van der Waals surface area contributed by atoms with E-state index in [9.17, 15) is 13.6 Å². The minimum absolute atomic E-state index is 0.0957. The molecule has 0 bridgehead atoms. The van der Waals surface area contributed by atoms with Gasteiger partial charge in [-0.15, -0.1) is 0 Å². The number of primary amides is 1. The van der Waals surface area contributed by atoms with E-state index in [0.29, 0.717) is 30.9 Å². The van der Waals surface area contributed by atoms with Gasteiger partial charge in [0, 0.05) is 0 Å². The van der Waals surface area contributed by atoms with Crippen LogP contribution in [0.3, 0.4) is 0 Å². The molecule has 3 aliphatic rings. The molecule has 6 nitrogen and oxygen atoms in total. The second kappa shape index (κ2) is 7.57. The summed E-state index contributed by atoms with van der Waals surface area (Å²) in [7, 11) is 0. The van der Waals surface area contributed by atoms with Gasteiger partial charge in [-0.3, -0.25) is 0 Å². The van der Waals surface area contributed by atoms with Gasteiger partial charge in [0.25, 0.3) is 0 Å². The van der Waals surface area contributed by atoms with Crippen LogP contribution in [0, 0.1) is 5.82 Å². The van der Waals surface area contributed by atoms with Gasteiger partial charge in [-0.25, -0.2) is 0 Å². The zero-order valence-electron chi connectivity index (χ0n) is 17.0. The van der Waals surface area contributed by atoms with Crippen molar-refractivity contribution in [2.75, 3.05) is 0 Å². The van der Waals surface area contributed by atoms with Crippen LogP contribution in [0.25, 0.3) is 22.2 Å². The Balaban J connectivity index is 1.49. The monoisotopic (exact) mass is 565 g/mol. The average Bonchev–Trinajstić information content (AvgIpc) is 3.39. The molecule has 2 aromatic heterocycles. The van der Waals surface area contributed by atoms with Crippen LogP contribution in [0.4, 0.5) is 13.2 Å². The molecular formula is C23H17F3IN4O2-. The van der Waals surface area contributed by atoms with E-state index >= 15 is 4.39 Å². The number of halogens is 4. The normalized spacial score (nSPS) is 23.5. The Bertz CT molecular complexity index is 1370. The topological polar surface area (TPSA) is 83.0 Å². The number of nitrogens with two attached hydrogens (primary N) is 1. The molecule has 10 heteroatoms. The first-order chi connectivity index (χ1) is 15.9. The van der Waals surface area contributed by atoms with Crippen LogP contribution in [0.5, 0.6) is 0 Å². The van der Waals surface area contributed by atoms with Crippen LogP contribution in [0.15, 0.2) is 53.9 Å². The third-order valence-electron chi connectivity index (χ3n) is 6.19. The molecule has 1 saturated heterocycles. The van der Waals surface area contributed by atoms with Crippen LogP contribution in [-0.2, 0) is 4.74 Å². The van der Waals surface area contributed by atoms with Crippen LogP contribution in [-0.4, -0.2) is 31.0 Å².